The SMILES string of the molecule is Br.CCOc1cc2c(cc1C(=O)NC)C(=N)N(CC(=O)c1ccc3oc(C(=O)O)c(C(C)(C)C)c3c1)C2. The van der Waals surface area contributed by atoms with E-state index in [-0.39, 0.29) is 46.8 Å². The molecule has 37 heavy (non-hydrogen) atoms. The summed E-state index contributed by atoms with van der Waals surface area (Å²) in [6.45, 7) is 8.18. The van der Waals surface area contributed by atoms with Crippen molar-refractivity contribution in [3.63, 3.8) is 0 Å². The molecule has 0 radical (unpaired) electrons. The minimum atomic E-state index is -1.16. The van der Waals surface area contributed by atoms with Gasteiger partial charge in [-0.05, 0) is 48.2 Å². The maximum atomic E-state index is 13.3. The fraction of sp³-hybridized carbons (Fsp3) is 0.333. The van der Waals surface area contributed by atoms with Crippen molar-refractivity contribution in [2.24, 2.45) is 0 Å². The van der Waals surface area contributed by atoms with Crippen molar-refractivity contribution in [3.05, 3.63) is 63.9 Å². The molecule has 3 N–H and O–H groups in total. The van der Waals surface area contributed by atoms with Crippen LogP contribution in [0.2, 0.25) is 0 Å². The Labute approximate surface area is 225 Å². The van der Waals surface area contributed by atoms with Crippen LogP contribution in [0.15, 0.2) is 34.7 Å². The maximum absolute atomic E-state index is 13.3. The van der Waals surface area contributed by atoms with E-state index >= 15 is 0 Å². The molecule has 1 aromatic heterocycles. The van der Waals surface area contributed by atoms with Gasteiger partial charge in [0.15, 0.2) is 5.78 Å². The number of aromatic carboxylic acids is 1. The first-order valence-corrected chi connectivity index (χ1v) is 11.7. The van der Waals surface area contributed by atoms with Crippen LogP contribution in [0, 0.1) is 5.41 Å². The number of fused-ring (bicyclic) bond motifs is 2. The molecule has 1 aliphatic rings. The van der Waals surface area contributed by atoms with Crippen LogP contribution in [0.5, 0.6) is 5.75 Å². The monoisotopic (exact) mass is 571 g/mol. The van der Waals surface area contributed by atoms with Crippen LogP contribution >= 0.6 is 17.0 Å². The van der Waals surface area contributed by atoms with Crippen molar-refractivity contribution in [1.82, 2.24) is 10.2 Å². The summed E-state index contributed by atoms with van der Waals surface area (Å²) >= 11 is 0. The molecule has 0 saturated carbocycles. The molecule has 9 nitrogen and oxygen atoms in total. The summed E-state index contributed by atoms with van der Waals surface area (Å²) in [5.41, 5.74) is 2.54. The average molecular weight is 572 g/mol. The summed E-state index contributed by atoms with van der Waals surface area (Å²) in [5.74, 6) is -1.23. The zero-order valence-electron chi connectivity index (χ0n) is 21.4. The summed E-state index contributed by atoms with van der Waals surface area (Å²) in [6, 6.07) is 8.27. The van der Waals surface area contributed by atoms with Crippen LogP contribution in [0.4, 0.5) is 0 Å². The normalized spacial score (nSPS) is 12.8. The Bertz CT molecular complexity index is 1420. The highest BCUT2D eigenvalue weighted by molar-refractivity contribution is 8.93. The number of amidine groups is 1. The van der Waals surface area contributed by atoms with Crippen LogP contribution < -0.4 is 10.1 Å². The minimum Gasteiger partial charge on any atom is -0.493 e. The molecule has 0 atom stereocenters. The largest absolute Gasteiger partial charge is 0.493 e. The van der Waals surface area contributed by atoms with E-state index in [2.05, 4.69) is 5.32 Å². The van der Waals surface area contributed by atoms with Gasteiger partial charge >= 0.3 is 5.97 Å². The van der Waals surface area contributed by atoms with E-state index in [0.29, 0.717) is 52.1 Å². The van der Waals surface area contributed by atoms with Crippen LogP contribution in [0.1, 0.15) is 75.7 Å². The Morgan fingerprint density at radius 1 is 1.19 bits per heavy atom. The van der Waals surface area contributed by atoms with Crippen molar-refractivity contribution < 1.29 is 28.6 Å². The van der Waals surface area contributed by atoms with Gasteiger partial charge in [-0.3, -0.25) is 15.0 Å². The Morgan fingerprint density at radius 3 is 2.49 bits per heavy atom. The van der Waals surface area contributed by atoms with E-state index in [4.69, 9.17) is 14.6 Å². The number of amides is 1. The molecular weight excluding hydrogens is 542 g/mol. The van der Waals surface area contributed by atoms with Crippen molar-refractivity contribution in [3.8, 4) is 5.75 Å². The molecule has 0 aliphatic carbocycles. The molecule has 0 fully saturated rings. The molecule has 4 rings (SSSR count). The van der Waals surface area contributed by atoms with Gasteiger partial charge < -0.3 is 24.5 Å². The van der Waals surface area contributed by atoms with Crippen LogP contribution in [-0.4, -0.2) is 53.7 Å². The highest BCUT2D eigenvalue weighted by atomic mass is 79.9. The fourth-order valence-electron chi connectivity index (χ4n) is 4.58. The highest BCUT2D eigenvalue weighted by Gasteiger charge is 2.31. The lowest BCUT2D eigenvalue weighted by Gasteiger charge is -2.19. The molecule has 2 aromatic carbocycles. The number of ether oxygens (including phenoxy) is 1. The molecule has 0 saturated heterocycles. The smallest absolute Gasteiger partial charge is 0.372 e. The quantitative estimate of drug-likeness (QED) is 0.347. The van der Waals surface area contributed by atoms with Crippen molar-refractivity contribution in [1.29, 1.82) is 5.41 Å². The third kappa shape index (κ3) is 5.11. The first kappa shape index (κ1) is 27.9. The number of benzene rings is 2. The summed E-state index contributed by atoms with van der Waals surface area (Å²) < 4.78 is 11.2. The van der Waals surface area contributed by atoms with Crippen LogP contribution in [0.3, 0.4) is 0 Å². The maximum Gasteiger partial charge on any atom is 0.372 e. The van der Waals surface area contributed by atoms with E-state index in [9.17, 15) is 19.5 Å². The van der Waals surface area contributed by atoms with Crippen molar-refractivity contribution >= 4 is 51.4 Å². The first-order chi connectivity index (χ1) is 17.0. The number of nitrogens with zero attached hydrogens (tertiary/aromatic N) is 1. The second kappa shape index (κ2) is 10.4. The number of furan rings is 1. The van der Waals surface area contributed by atoms with Gasteiger partial charge in [0.2, 0.25) is 5.76 Å². The topological polar surface area (TPSA) is 133 Å². The predicted molar refractivity (Wildman–Crippen MR) is 145 cm³/mol. The molecule has 0 bridgehead atoms. The lowest BCUT2D eigenvalue weighted by atomic mass is 9.84. The molecule has 0 spiro atoms. The lowest BCUT2D eigenvalue weighted by molar-refractivity contribution is 0.0661. The van der Waals surface area contributed by atoms with E-state index in [1.165, 1.54) is 7.05 Å². The molecule has 10 heteroatoms. The number of Topliss-reactive ketones (excluding diaryl/α,β-unsaturated/α-hetero) is 1. The van der Waals surface area contributed by atoms with E-state index in [1.807, 2.05) is 27.7 Å². The van der Waals surface area contributed by atoms with Gasteiger partial charge in [-0.1, -0.05) is 20.8 Å². The van der Waals surface area contributed by atoms with Gasteiger partial charge in [0.1, 0.15) is 17.2 Å². The van der Waals surface area contributed by atoms with Crippen LogP contribution in [0.25, 0.3) is 11.0 Å². The van der Waals surface area contributed by atoms with E-state index in [0.717, 1.165) is 5.56 Å². The number of rotatable bonds is 7. The van der Waals surface area contributed by atoms with Crippen LogP contribution in [-0.2, 0) is 12.0 Å². The van der Waals surface area contributed by atoms with Crippen molar-refractivity contribution in [2.75, 3.05) is 20.2 Å². The van der Waals surface area contributed by atoms with Crippen molar-refractivity contribution in [2.45, 2.75) is 39.7 Å². The summed E-state index contributed by atoms with van der Waals surface area (Å²) in [4.78, 5) is 39.0. The number of carbonyl (C=O) groups excluding carboxylic acids is 2. The van der Waals surface area contributed by atoms with E-state index in [1.54, 1.807) is 35.2 Å². The Morgan fingerprint density at radius 2 is 1.89 bits per heavy atom. The second-order valence-corrected chi connectivity index (χ2v) is 9.72. The van der Waals surface area contributed by atoms with Gasteiger partial charge in [0.05, 0.1) is 18.7 Å². The lowest BCUT2D eigenvalue weighted by Crippen LogP contribution is -2.30. The summed E-state index contributed by atoms with van der Waals surface area (Å²) in [5, 5.41) is 21.4. The third-order valence-corrected chi connectivity index (χ3v) is 6.20. The number of carbonyl (C=O) groups is 3. The highest BCUT2D eigenvalue weighted by Crippen LogP contribution is 2.36. The van der Waals surface area contributed by atoms with Gasteiger partial charge in [-0.15, -0.1) is 17.0 Å². The number of halogens is 1. The Hall–Kier alpha value is -3.66. The number of carboxylic acid groups (broad SMARTS) is 1. The molecule has 196 valence electrons. The predicted octanol–water partition coefficient (Wildman–Crippen LogP) is 4.79. The zero-order chi connectivity index (χ0) is 26.4. The fourth-order valence-corrected chi connectivity index (χ4v) is 4.58. The average Bonchev–Trinajstić information content (AvgIpc) is 3.35. The van der Waals surface area contributed by atoms with Gasteiger partial charge in [-0.2, -0.15) is 0 Å². The van der Waals surface area contributed by atoms with Gasteiger partial charge in [0, 0.05) is 35.7 Å². The molecule has 1 amide bonds. The molecule has 0 unspecified atom stereocenters. The Kier molecular flexibility index (Phi) is 7.83. The standard InChI is InChI=1S/C27H29N3O6.BrH/c1-6-35-21-10-15-12-30(24(28)16(15)11-18(21)25(32)29-5)13-19(31)14-7-8-20-17(9-14)22(27(2,3)4)23(36-20)26(33)34;/h7-11,28H,6,12-13H2,1-5H3,(H,29,32)(H,33,34);1H. The number of carboxylic acids is 1. The third-order valence-electron chi connectivity index (χ3n) is 6.20. The minimum absolute atomic E-state index is 0. The number of ketones is 1. The first-order valence-electron chi connectivity index (χ1n) is 11.7. The molecule has 1 aliphatic heterocycles. The van der Waals surface area contributed by atoms with E-state index < -0.39 is 11.4 Å². The second-order valence-electron chi connectivity index (χ2n) is 9.72. The summed E-state index contributed by atoms with van der Waals surface area (Å²) in [6.07, 6.45) is 0. The molecular formula is C27H30BrN3O6. The van der Waals surface area contributed by atoms with Gasteiger partial charge in [-0.25, -0.2) is 4.79 Å². The van der Waals surface area contributed by atoms with Gasteiger partial charge in [0.25, 0.3) is 5.91 Å². The molecule has 3 aromatic rings. The molecule has 2 heterocycles. The zero-order valence-corrected chi connectivity index (χ0v) is 23.1. The number of hydrogen-bond acceptors (Lipinski definition) is 6. The summed E-state index contributed by atoms with van der Waals surface area (Å²) in [7, 11) is 1.53. The Balaban J connectivity index is 0.00000380. The number of hydrogen-bond donors (Lipinski definition) is 3. The number of nitrogens with one attached hydrogen (secondary N) is 2.